The molecule has 0 fully saturated rings. The van der Waals surface area contributed by atoms with Gasteiger partial charge in [-0.25, -0.2) is 4.98 Å². The van der Waals surface area contributed by atoms with Crippen LogP contribution in [-0.4, -0.2) is 43.8 Å². The monoisotopic (exact) mass is 342 g/mol. The van der Waals surface area contributed by atoms with Crippen molar-refractivity contribution in [2.75, 3.05) is 34.3 Å². The highest BCUT2D eigenvalue weighted by atomic mass is 127. The molecule has 0 bridgehead atoms. The molecule has 15 heavy (non-hydrogen) atoms. The fourth-order valence-electron chi connectivity index (χ4n) is 0.885. The number of nitrogens with zero attached hydrogens (tertiary/aromatic N) is 2. The SMILES string of the molecule is C[N+](C)(C)CCOc1ccc(Cl)nc1.[I-]. The molecule has 1 rings (SSSR count). The number of hydrogen-bond donors (Lipinski definition) is 0. The van der Waals surface area contributed by atoms with Crippen molar-refractivity contribution in [2.45, 2.75) is 0 Å². The average molecular weight is 343 g/mol. The zero-order chi connectivity index (χ0) is 10.6. The predicted octanol–water partition coefficient (Wildman–Crippen LogP) is -1.18. The summed E-state index contributed by atoms with van der Waals surface area (Å²) in [6.45, 7) is 1.65. The van der Waals surface area contributed by atoms with Crippen LogP contribution < -0.4 is 28.7 Å². The molecule has 0 amide bonds. The van der Waals surface area contributed by atoms with Crippen LogP contribution in [0.5, 0.6) is 5.75 Å². The summed E-state index contributed by atoms with van der Waals surface area (Å²) in [6.07, 6.45) is 1.64. The minimum Gasteiger partial charge on any atom is -1.00 e. The number of halogens is 2. The Hall–Kier alpha value is -0.0700. The van der Waals surface area contributed by atoms with Crippen LogP contribution in [0.3, 0.4) is 0 Å². The fourth-order valence-corrected chi connectivity index (χ4v) is 0.997. The van der Waals surface area contributed by atoms with Crippen LogP contribution in [0.2, 0.25) is 5.15 Å². The molecule has 0 unspecified atom stereocenters. The first-order valence-corrected chi connectivity index (χ1v) is 4.90. The van der Waals surface area contributed by atoms with Gasteiger partial charge in [-0.3, -0.25) is 0 Å². The summed E-state index contributed by atoms with van der Waals surface area (Å²) in [5, 5.41) is 0.490. The maximum absolute atomic E-state index is 5.65. The van der Waals surface area contributed by atoms with E-state index in [1.807, 2.05) is 6.07 Å². The zero-order valence-electron chi connectivity index (χ0n) is 9.20. The Kier molecular flexibility index (Phi) is 6.47. The Morgan fingerprint density at radius 3 is 2.47 bits per heavy atom. The lowest BCUT2D eigenvalue weighted by Crippen LogP contribution is -3.00. The lowest BCUT2D eigenvalue weighted by molar-refractivity contribution is -0.870. The molecule has 0 N–H and O–H groups in total. The van der Waals surface area contributed by atoms with E-state index in [0.717, 1.165) is 16.8 Å². The van der Waals surface area contributed by atoms with Crippen LogP contribution in [0, 0.1) is 0 Å². The van der Waals surface area contributed by atoms with Gasteiger partial charge in [0.1, 0.15) is 24.1 Å². The summed E-state index contributed by atoms with van der Waals surface area (Å²) in [4.78, 5) is 3.93. The third-order valence-electron chi connectivity index (χ3n) is 1.73. The van der Waals surface area contributed by atoms with E-state index in [9.17, 15) is 0 Å². The van der Waals surface area contributed by atoms with Gasteiger partial charge in [-0.1, -0.05) is 11.6 Å². The van der Waals surface area contributed by atoms with Crippen molar-refractivity contribution in [3.63, 3.8) is 0 Å². The fraction of sp³-hybridized carbons (Fsp3) is 0.500. The van der Waals surface area contributed by atoms with Crippen molar-refractivity contribution in [1.82, 2.24) is 4.98 Å². The van der Waals surface area contributed by atoms with E-state index in [1.54, 1.807) is 12.3 Å². The second kappa shape index (κ2) is 6.50. The van der Waals surface area contributed by atoms with E-state index in [-0.39, 0.29) is 24.0 Å². The molecular formula is C10H16ClIN2O. The van der Waals surface area contributed by atoms with Gasteiger partial charge in [-0.2, -0.15) is 0 Å². The summed E-state index contributed by atoms with van der Waals surface area (Å²) in [5.41, 5.74) is 0. The minimum absolute atomic E-state index is 0. The Bertz CT molecular complexity index is 284. The summed E-state index contributed by atoms with van der Waals surface area (Å²) in [7, 11) is 6.39. The lowest BCUT2D eigenvalue weighted by Gasteiger charge is -2.23. The van der Waals surface area contributed by atoms with E-state index in [1.165, 1.54) is 0 Å². The first-order valence-electron chi connectivity index (χ1n) is 4.52. The largest absolute Gasteiger partial charge is 1.00 e. The Morgan fingerprint density at radius 2 is 2.00 bits per heavy atom. The van der Waals surface area contributed by atoms with Gasteiger partial charge in [0.05, 0.1) is 27.3 Å². The zero-order valence-corrected chi connectivity index (χ0v) is 12.1. The average Bonchev–Trinajstić information content (AvgIpc) is 2.06. The van der Waals surface area contributed by atoms with Gasteiger partial charge in [0, 0.05) is 0 Å². The van der Waals surface area contributed by atoms with E-state index < -0.39 is 0 Å². The lowest BCUT2D eigenvalue weighted by atomic mass is 10.4. The molecule has 1 heterocycles. The van der Waals surface area contributed by atoms with Crippen molar-refractivity contribution in [3.05, 3.63) is 23.5 Å². The van der Waals surface area contributed by atoms with Crippen molar-refractivity contribution in [3.8, 4) is 5.75 Å². The number of ether oxygens (including phenoxy) is 1. The molecule has 5 heteroatoms. The van der Waals surface area contributed by atoms with Crippen LogP contribution >= 0.6 is 11.6 Å². The van der Waals surface area contributed by atoms with E-state index in [0.29, 0.717) is 11.8 Å². The Labute approximate surface area is 113 Å². The number of hydrogen-bond acceptors (Lipinski definition) is 2. The smallest absolute Gasteiger partial charge is 0.138 e. The highest BCUT2D eigenvalue weighted by Crippen LogP contribution is 2.11. The van der Waals surface area contributed by atoms with Crippen LogP contribution in [0.4, 0.5) is 0 Å². The van der Waals surface area contributed by atoms with Gasteiger partial charge in [-0.15, -0.1) is 0 Å². The van der Waals surface area contributed by atoms with Gasteiger partial charge in [0.2, 0.25) is 0 Å². The van der Waals surface area contributed by atoms with Gasteiger partial charge in [-0.05, 0) is 12.1 Å². The summed E-state index contributed by atoms with van der Waals surface area (Å²) < 4.78 is 6.39. The molecule has 1 aromatic heterocycles. The second-order valence-electron chi connectivity index (χ2n) is 4.18. The number of likely N-dealkylation sites (N-methyl/N-ethyl adjacent to an activating group) is 1. The number of pyridine rings is 1. The first kappa shape index (κ1) is 14.9. The molecule has 0 saturated heterocycles. The third-order valence-corrected chi connectivity index (χ3v) is 1.95. The summed E-state index contributed by atoms with van der Waals surface area (Å²) in [6, 6.07) is 3.55. The Balaban J connectivity index is 0.00000196. The molecule has 0 aromatic carbocycles. The molecule has 1 aromatic rings. The Morgan fingerprint density at radius 1 is 1.33 bits per heavy atom. The minimum atomic E-state index is 0. The molecule has 0 aliphatic heterocycles. The quantitative estimate of drug-likeness (QED) is 0.391. The van der Waals surface area contributed by atoms with Crippen LogP contribution in [0.1, 0.15) is 0 Å². The highest BCUT2D eigenvalue weighted by Gasteiger charge is 2.06. The van der Waals surface area contributed by atoms with Crippen molar-refractivity contribution in [1.29, 1.82) is 0 Å². The van der Waals surface area contributed by atoms with Crippen molar-refractivity contribution >= 4 is 11.6 Å². The van der Waals surface area contributed by atoms with Crippen LogP contribution in [-0.2, 0) is 0 Å². The molecule has 0 radical (unpaired) electrons. The molecule has 0 atom stereocenters. The standard InChI is InChI=1S/C10H16ClN2O.HI/c1-13(2,3)6-7-14-9-4-5-10(11)12-8-9;/h4-5,8H,6-7H2,1-3H3;1H/q+1;/p-1. The highest BCUT2D eigenvalue weighted by molar-refractivity contribution is 6.29. The van der Waals surface area contributed by atoms with Crippen molar-refractivity contribution < 1.29 is 33.2 Å². The van der Waals surface area contributed by atoms with E-state index in [2.05, 4.69) is 26.1 Å². The van der Waals surface area contributed by atoms with E-state index >= 15 is 0 Å². The first-order chi connectivity index (χ1) is 6.47. The maximum Gasteiger partial charge on any atom is 0.138 e. The van der Waals surface area contributed by atoms with Gasteiger partial charge >= 0.3 is 0 Å². The summed E-state index contributed by atoms with van der Waals surface area (Å²) >= 11 is 5.65. The van der Waals surface area contributed by atoms with Gasteiger partial charge < -0.3 is 33.2 Å². The normalized spacial score (nSPS) is 10.7. The van der Waals surface area contributed by atoms with Gasteiger partial charge in [0.15, 0.2) is 0 Å². The number of quaternary nitrogens is 1. The maximum atomic E-state index is 5.65. The van der Waals surface area contributed by atoms with Crippen molar-refractivity contribution in [2.24, 2.45) is 0 Å². The molecule has 86 valence electrons. The number of aromatic nitrogens is 1. The topological polar surface area (TPSA) is 22.1 Å². The molecular weight excluding hydrogens is 326 g/mol. The molecule has 0 aliphatic rings. The third kappa shape index (κ3) is 6.92. The van der Waals surface area contributed by atoms with Gasteiger partial charge in [0.25, 0.3) is 0 Å². The molecule has 0 saturated carbocycles. The van der Waals surface area contributed by atoms with Crippen LogP contribution in [0.15, 0.2) is 18.3 Å². The predicted molar refractivity (Wildman–Crippen MR) is 57.6 cm³/mol. The van der Waals surface area contributed by atoms with E-state index in [4.69, 9.17) is 16.3 Å². The second-order valence-corrected chi connectivity index (χ2v) is 4.57. The van der Waals surface area contributed by atoms with Crippen LogP contribution in [0.25, 0.3) is 0 Å². The molecule has 0 spiro atoms. The number of rotatable bonds is 4. The molecule has 3 nitrogen and oxygen atoms in total. The summed E-state index contributed by atoms with van der Waals surface area (Å²) in [5.74, 6) is 0.767. The molecule has 0 aliphatic carbocycles.